The highest BCUT2D eigenvalue weighted by Gasteiger charge is 2.21. The zero-order valence-electron chi connectivity index (χ0n) is 23.4. The van der Waals surface area contributed by atoms with Crippen LogP contribution in [0.5, 0.6) is 11.5 Å². The fraction of sp³-hybridized carbons (Fsp3) is 0.207. The number of methoxy groups -OCH3 is 2. The topological polar surface area (TPSA) is 134 Å². The summed E-state index contributed by atoms with van der Waals surface area (Å²) in [5.41, 5.74) is 1.68. The smallest absolute Gasteiger partial charge is 0.338 e. The van der Waals surface area contributed by atoms with Gasteiger partial charge in [0, 0.05) is 16.8 Å². The Morgan fingerprint density at radius 1 is 0.953 bits per heavy atom. The number of halogens is 2. The van der Waals surface area contributed by atoms with E-state index < -0.39 is 11.9 Å². The van der Waals surface area contributed by atoms with Crippen LogP contribution in [0.4, 0.5) is 5.69 Å². The number of nitrogens with zero attached hydrogens (tertiary/aromatic N) is 3. The largest absolute Gasteiger partial charge is 0.497 e. The van der Waals surface area contributed by atoms with Crippen LogP contribution in [0.1, 0.15) is 33.5 Å². The van der Waals surface area contributed by atoms with E-state index in [0.29, 0.717) is 44.4 Å². The van der Waals surface area contributed by atoms with Gasteiger partial charge in [-0.1, -0.05) is 35.0 Å². The van der Waals surface area contributed by atoms with Gasteiger partial charge in [-0.3, -0.25) is 14.2 Å². The van der Waals surface area contributed by atoms with Crippen LogP contribution in [0.25, 0.3) is 5.69 Å². The number of hydrogen-bond donors (Lipinski definition) is 2. The number of aromatic nitrogens is 3. The number of amides is 2. The summed E-state index contributed by atoms with van der Waals surface area (Å²) in [4.78, 5) is 37.6. The van der Waals surface area contributed by atoms with E-state index in [1.807, 2.05) is 0 Å². The lowest BCUT2D eigenvalue weighted by Gasteiger charge is -2.15. The van der Waals surface area contributed by atoms with Gasteiger partial charge in [-0.05, 0) is 61.5 Å². The van der Waals surface area contributed by atoms with Crippen molar-refractivity contribution in [3.8, 4) is 17.2 Å². The molecule has 1 heterocycles. The zero-order chi connectivity index (χ0) is 30.9. The van der Waals surface area contributed by atoms with E-state index in [1.165, 1.54) is 26.4 Å². The maximum atomic E-state index is 12.9. The second-order valence-corrected chi connectivity index (χ2v) is 10.5. The van der Waals surface area contributed by atoms with Gasteiger partial charge in [0.25, 0.3) is 5.91 Å². The molecular weight excluding hydrogens is 617 g/mol. The molecule has 224 valence electrons. The molecule has 0 spiro atoms. The van der Waals surface area contributed by atoms with Crippen LogP contribution in [0.2, 0.25) is 10.0 Å². The number of anilines is 1. The molecule has 1 aromatic heterocycles. The van der Waals surface area contributed by atoms with Gasteiger partial charge in [-0.25, -0.2) is 4.79 Å². The van der Waals surface area contributed by atoms with E-state index in [-0.39, 0.29) is 35.4 Å². The molecule has 0 aliphatic rings. The molecule has 4 aromatic rings. The Morgan fingerprint density at radius 3 is 2.40 bits per heavy atom. The monoisotopic (exact) mass is 643 g/mol. The third-order valence-corrected chi connectivity index (χ3v) is 7.40. The van der Waals surface area contributed by atoms with Gasteiger partial charge in [0.15, 0.2) is 11.0 Å². The molecule has 0 bridgehead atoms. The van der Waals surface area contributed by atoms with E-state index in [9.17, 15) is 14.4 Å². The van der Waals surface area contributed by atoms with Gasteiger partial charge in [-0.2, -0.15) is 0 Å². The average molecular weight is 645 g/mol. The van der Waals surface area contributed by atoms with E-state index in [4.69, 9.17) is 37.4 Å². The molecule has 3 aromatic carbocycles. The second kappa shape index (κ2) is 14.8. The van der Waals surface area contributed by atoms with Crippen molar-refractivity contribution in [2.24, 2.45) is 0 Å². The lowest BCUT2D eigenvalue weighted by molar-refractivity contribution is -0.113. The molecule has 2 N–H and O–H groups in total. The number of hydrogen-bond acceptors (Lipinski definition) is 9. The summed E-state index contributed by atoms with van der Waals surface area (Å²) in [6.07, 6.45) is 0. The van der Waals surface area contributed by atoms with E-state index in [1.54, 1.807) is 60.0 Å². The highest BCUT2D eigenvalue weighted by atomic mass is 35.5. The summed E-state index contributed by atoms with van der Waals surface area (Å²) in [6.45, 7) is 1.97. The summed E-state index contributed by atoms with van der Waals surface area (Å²) in [7, 11) is 3.06. The molecule has 0 saturated carbocycles. The second-order valence-electron chi connectivity index (χ2n) is 8.71. The molecular formula is C29H27Cl2N5O6S. The molecule has 0 fully saturated rings. The normalized spacial score (nSPS) is 10.6. The van der Waals surface area contributed by atoms with Crippen LogP contribution in [0.15, 0.2) is 65.8 Å². The van der Waals surface area contributed by atoms with Gasteiger partial charge in [-0.15, -0.1) is 10.2 Å². The number of carbonyl (C=O) groups is 3. The van der Waals surface area contributed by atoms with Crippen molar-refractivity contribution >= 4 is 58.4 Å². The van der Waals surface area contributed by atoms with Crippen molar-refractivity contribution in [1.82, 2.24) is 20.1 Å². The quantitative estimate of drug-likeness (QED) is 0.153. The van der Waals surface area contributed by atoms with Crippen molar-refractivity contribution in [2.75, 3.05) is 31.9 Å². The fourth-order valence-electron chi connectivity index (χ4n) is 3.88. The number of esters is 1. The molecule has 43 heavy (non-hydrogen) atoms. The molecule has 2 amide bonds. The molecule has 14 heteroatoms. The van der Waals surface area contributed by atoms with Gasteiger partial charge < -0.3 is 24.8 Å². The van der Waals surface area contributed by atoms with Gasteiger partial charge in [0.1, 0.15) is 11.5 Å². The molecule has 0 unspecified atom stereocenters. The summed E-state index contributed by atoms with van der Waals surface area (Å²) < 4.78 is 17.6. The van der Waals surface area contributed by atoms with Crippen LogP contribution < -0.4 is 20.1 Å². The summed E-state index contributed by atoms with van der Waals surface area (Å²) in [5, 5.41) is 15.1. The summed E-state index contributed by atoms with van der Waals surface area (Å²) >= 11 is 13.3. The fourth-order valence-corrected chi connectivity index (χ4v) is 5.14. The Morgan fingerprint density at radius 2 is 1.72 bits per heavy atom. The van der Waals surface area contributed by atoms with E-state index >= 15 is 0 Å². The molecule has 0 aliphatic carbocycles. The first-order chi connectivity index (χ1) is 20.7. The van der Waals surface area contributed by atoms with Crippen molar-refractivity contribution < 1.29 is 28.6 Å². The standard InChI is InChI=1S/C29H27Cl2N5O6S/c1-4-42-28(39)17-5-8-19(9-6-17)33-26(37)16-43-29-35-34-25(15-32-27(38)21-11-7-18(30)13-22(21)31)36(29)23-14-20(40-2)10-12-24(23)41-3/h5-14H,4,15-16H2,1-3H3,(H,32,38)(H,33,37). The summed E-state index contributed by atoms with van der Waals surface area (Å²) in [5.74, 6) is 0.199. The third kappa shape index (κ3) is 7.98. The van der Waals surface area contributed by atoms with Crippen LogP contribution in [-0.2, 0) is 16.1 Å². The van der Waals surface area contributed by atoms with Crippen LogP contribution in [0.3, 0.4) is 0 Å². The molecule has 0 atom stereocenters. The Labute approximate surface area is 261 Å². The average Bonchev–Trinajstić information content (AvgIpc) is 3.41. The Kier molecular flexibility index (Phi) is 10.9. The minimum atomic E-state index is -0.438. The minimum Gasteiger partial charge on any atom is -0.497 e. The predicted molar refractivity (Wildman–Crippen MR) is 164 cm³/mol. The van der Waals surface area contributed by atoms with Gasteiger partial charge in [0.2, 0.25) is 5.91 Å². The SMILES string of the molecule is CCOC(=O)c1ccc(NC(=O)CSc2nnc(CNC(=O)c3ccc(Cl)cc3Cl)n2-c2cc(OC)ccc2OC)cc1. The van der Waals surface area contributed by atoms with Crippen LogP contribution in [-0.4, -0.2) is 59.1 Å². The zero-order valence-corrected chi connectivity index (χ0v) is 25.7. The highest BCUT2D eigenvalue weighted by molar-refractivity contribution is 7.99. The number of nitrogens with one attached hydrogen (secondary N) is 2. The number of ether oxygens (including phenoxy) is 3. The first-order valence-corrected chi connectivity index (χ1v) is 14.6. The lowest BCUT2D eigenvalue weighted by Crippen LogP contribution is -2.25. The van der Waals surface area contributed by atoms with E-state index in [0.717, 1.165) is 11.8 Å². The number of rotatable bonds is 12. The number of thioether (sulfide) groups is 1. The molecule has 4 rings (SSSR count). The summed E-state index contributed by atoms with van der Waals surface area (Å²) in [6, 6.07) is 16.2. The lowest BCUT2D eigenvalue weighted by atomic mass is 10.2. The predicted octanol–water partition coefficient (Wildman–Crippen LogP) is 5.43. The van der Waals surface area contributed by atoms with Crippen LogP contribution >= 0.6 is 35.0 Å². The minimum absolute atomic E-state index is 0.0171. The first-order valence-electron chi connectivity index (χ1n) is 12.8. The molecule has 0 radical (unpaired) electrons. The van der Waals surface area contributed by atoms with Crippen LogP contribution in [0, 0.1) is 0 Å². The van der Waals surface area contributed by atoms with Gasteiger partial charge in [0.05, 0.1) is 55.0 Å². The third-order valence-electron chi connectivity index (χ3n) is 5.92. The molecule has 0 aliphatic heterocycles. The maximum absolute atomic E-state index is 12.9. The number of benzene rings is 3. The Bertz CT molecular complexity index is 1630. The van der Waals surface area contributed by atoms with E-state index in [2.05, 4.69) is 20.8 Å². The van der Waals surface area contributed by atoms with Crippen molar-refractivity contribution in [3.05, 3.63) is 87.7 Å². The molecule has 0 saturated heterocycles. The Hall–Kier alpha value is -4.26. The maximum Gasteiger partial charge on any atom is 0.338 e. The Balaban J connectivity index is 1.54. The molecule has 11 nitrogen and oxygen atoms in total. The first kappa shape index (κ1) is 31.7. The van der Waals surface area contributed by atoms with Crippen molar-refractivity contribution in [1.29, 1.82) is 0 Å². The van der Waals surface area contributed by atoms with Gasteiger partial charge >= 0.3 is 5.97 Å². The number of carbonyl (C=O) groups excluding carboxylic acids is 3. The highest BCUT2D eigenvalue weighted by Crippen LogP contribution is 2.32. The van der Waals surface area contributed by atoms with Crippen molar-refractivity contribution in [3.63, 3.8) is 0 Å². The van der Waals surface area contributed by atoms with Crippen molar-refractivity contribution in [2.45, 2.75) is 18.6 Å².